The van der Waals surface area contributed by atoms with Crippen molar-refractivity contribution in [3.8, 4) is 0 Å². The number of nitrogens with one attached hydrogen (secondary N) is 2. The van der Waals surface area contributed by atoms with E-state index in [4.69, 9.17) is 0 Å². The minimum Gasteiger partial charge on any atom is -0.387 e. The van der Waals surface area contributed by atoms with Crippen molar-refractivity contribution in [3.05, 3.63) is 6.92 Å². The summed E-state index contributed by atoms with van der Waals surface area (Å²) in [6.45, 7) is 4.22. The van der Waals surface area contributed by atoms with E-state index in [0.717, 1.165) is 0 Å². The summed E-state index contributed by atoms with van der Waals surface area (Å²) in [4.78, 5) is 22.7. The van der Waals surface area contributed by atoms with Crippen molar-refractivity contribution in [2.75, 3.05) is 19.6 Å². The second kappa shape index (κ2) is 9.50. The Hall–Kier alpha value is -1.39. The summed E-state index contributed by atoms with van der Waals surface area (Å²) in [5.41, 5.74) is 3.47. The van der Waals surface area contributed by atoms with Gasteiger partial charge in [-0.25, -0.2) is 0 Å². The highest BCUT2D eigenvalue weighted by molar-refractivity contribution is 5.83. The molecule has 0 rings (SSSR count). The van der Waals surface area contributed by atoms with Crippen LogP contribution in [0.3, 0.4) is 0 Å². The van der Waals surface area contributed by atoms with Crippen LogP contribution in [-0.2, 0) is 9.59 Å². The molecule has 0 aliphatic rings. The van der Waals surface area contributed by atoms with E-state index in [1.54, 1.807) is 0 Å². The molecule has 0 aromatic heterocycles. The minimum atomic E-state index is -2.00. The Kier molecular flexibility index (Phi) is 8.84. The van der Waals surface area contributed by atoms with Crippen LogP contribution in [0.4, 0.5) is 0 Å². The Morgan fingerprint density at radius 1 is 0.950 bits per heavy atom. The first-order valence-electron chi connectivity index (χ1n) is 6.23. The Morgan fingerprint density at radius 3 is 1.70 bits per heavy atom. The number of hydrogen-bond donors (Lipinski definition) is 7. The molecule has 0 saturated heterocycles. The van der Waals surface area contributed by atoms with Gasteiger partial charge >= 0.3 is 0 Å². The lowest BCUT2D eigenvalue weighted by Gasteiger charge is -2.25. The number of carbonyl (C=O) groups excluding carboxylic acids is 2. The highest BCUT2D eigenvalue weighted by atomic mass is 16.4. The van der Waals surface area contributed by atoms with Crippen LogP contribution in [-0.4, -0.2) is 76.3 Å². The summed E-state index contributed by atoms with van der Waals surface area (Å²) >= 11 is 0. The van der Waals surface area contributed by atoms with Gasteiger partial charge in [0.1, 0.15) is 18.6 Å². The van der Waals surface area contributed by atoms with E-state index in [0.29, 0.717) is 13.0 Å². The fraction of sp³-hybridized carbons (Fsp3) is 0.727. The number of aliphatic hydroxyl groups is 4. The average Bonchev–Trinajstić information content (AvgIpc) is 2.46. The zero-order valence-electron chi connectivity index (χ0n) is 11.2. The van der Waals surface area contributed by atoms with Crippen molar-refractivity contribution in [1.29, 1.82) is 0 Å². The van der Waals surface area contributed by atoms with Gasteiger partial charge in [-0.15, -0.1) is 0 Å². The molecule has 4 atom stereocenters. The molecular formula is C11H23N3O6+2. The van der Waals surface area contributed by atoms with Gasteiger partial charge < -0.3 is 36.8 Å². The molecule has 0 aromatic carbocycles. The van der Waals surface area contributed by atoms with Crippen molar-refractivity contribution in [3.63, 3.8) is 0 Å². The van der Waals surface area contributed by atoms with Gasteiger partial charge in [-0.05, 0) is 0 Å². The van der Waals surface area contributed by atoms with Crippen LogP contribution < -0.4 is 16.4 Å². The second-order valence-corrected chi connectivity index (χ2v) is 4.16. The van der Waals surface area contributed by atoms with E-state index in [1.807, 2.05) is 0 Å². The zero-order valence-corrected chi connectivity index (χ0v) is 11.2. The molecule has 9 heteroatoms. The second-order valence-electron chi connectivity index (χ2n) is 4.16. The Morgan fingerprint density at radius 2 is 1.35 bits per heavy atom. The van der Waals surface area contributed by atoms with Crippen LogP contribution >= 0.6 is 0 Å². The van der Waals surface area contributed by atoms with Crippen molar-refractivity contribution in [2.24, 2.45) is 0 Å². The van der Waals surface area contributed by atoms with Crippen molar-refractivity contribution in [2.45, 2.75) is 30.8 Å². The molecule has 0 aliphatic heterocycles. The average molecular weight is 293 g/mol. The highest BCUT2D eigenvalue weighted by Gasteiger charge is 2.37. The molecule has 0 aromatic rings. The van der Waals surface area contributed by atoms with Crippen LogP contribution in [0.15, 0.2) is 0 Å². The Labute approximate surface area is 116 Å². The molecule has 0 aliphatic carbocycles. The van der Waals surface area contributed by atoms with Crippen LogP contribution in [0.25, 0.3) is 0 Å². The van der Waals surface area contributed by atoms with Crippen LogP contribution in [0, 0.1) is 6.92 Å². The quantitative estimate of drug-likeness (QED) is 0.210. The van der Waals surface area contributed by atoms with Gasteiger partial charge in [0.05, 0.1) is 26.6 Å². The maximum absolute atomic E-state index is 11.4. The first-order chi connectivity index (χ1) is 9.36. The molecule has 0 saturated carbocycles. The molecule has 0 fully saturated rings. The number of hydrogen-bond acceptors (Lipinski definition) is 6. The number of carbonyl (C=O) groups is 2. The Bertz CT molecular complexity index is 285. The van der Waals surface area contributed by atoms with Crippen molar-refractivity contribution < 1.29 is 35.7 Å². The monoisotopic (exact) mass is 293 g/mol. The Balaban J connectivity index is 4.46. The van der Waals surface area contributed by atoms with Gasteiger partial charge in [-0.1, -0.05) is 0 Å². The van der Waals surface area contributed by atoms with Crippen LogP contribution in [0.2, 0.25) is 0 Å². The molecule has 116 valence electrons. The first kappa shape index (κ1) is 18.6. The summed E-state index contributed by atoms with van der Waals surface area (Å²) in [6.07, 6.45) is -7.55. The lowest BCUT2D eigenvalue weighted by atomic mass is 10.0. The molecule has 9 nitrogen and oxygen atoms in total. The molecule has 2 amide bonds. The van der Waals surface area contributed by atoms with E-state index >= 15 is 0 Å². The number of amides is 2. The van der Waals surface area contributed by atoms with Gasteiger partial charge in [0.2, 0.25) is 0 Å². The van der Waals surface area contributed by atoms with E-state index in [2.05, 4.69) is 23.3 Å². The third-order valence-electron chi connectivity index (χ3n) is 2.49. The van der Waals surface area contributed by atoms with Crippen molar-refractivity contribution >= 4 is 11.8 Å². The first-order valence-corrected chi connectivity index (χ1v) is 6.23. The van der Waals surface area contributed by atoms with Gasteiger partial charge in [0.25, 0.3) is 11.8 Å². The third-order valence-corrected chi connectivity index (χ3v) is 2.49. The maximum atomic E-state index is 11.4. The molecule has 9 N–H and O–H groups in total. The van der Waals surface area contributed by atoms with Crippen molar-refractivity contribution in [1.82, 2.24) is 10.6 Å². The normalized spacial score (nSPS) is 16.9. The molecule has 0 heterocycles. The fourth-order valence-corrected chi connectivity index (χ4v) is 1.32. The maximum Gasteiger partial charge on any atom is 0.251 e. The van der Waals surface area contributed by atoms with Gasteiger partial charge in [-0.2, -0.15) is 0 Å². The molecule has 0 radical (unpaired) electrons. The van der Waals surface area contributed by atoms with E-state index < -0.39 is 36.2 Å². The van der Waals surface area contributed by atoms with Gasteiger partial charge in [0.15, 0.2) is 12.2 Å². The summed E-state index contributed by atoms with van der Waals surface area (Å²) in [5.74, 6) is -1.85. The number of aliphatic hydroxyl groups excluding tert-OH is 4. The highest BCUT2D eigenvalue weighted by Crippen LogP contribution is 2.06. The van der Waals surface area contributed by atoms with E-state index in [-0.39, 0.29) is 13.1 Å². The largest absolute Gasteiger partial charge is 0.387 e. The lowest BCUT2D eigenvalue weighted by molar-refractivity contribution is -0.364. The molecule has 4 unspecified atom stereocenters. The summed E-state index contributed by atoms with van der Waals surface area (Å²) in [6, 6.07) is 0. The SMILES string of the molecule is [CH2+]CCNC(=O)C(O)C(O)C(O)C(O)C(=O)NCC[NH3+]. The minimum absolute atomic E-state index is 0.186. The smallest absolute Gasteiger partial charge is 0.251 e. The standard InChI is InChI=1S/C11H21N3O6/c1-2-4-13-10(19)8(17)6(15)7(16)9(18)11(20)14-5-3-12/h6-9,15-18H,1-5,12H2,(H-,13,14,19,20)/p+2. The summed E-state index contributed by atoms with van der Waals surface area (Å²) in [7, 11) is 0. The summed E-state index contributed by atoms with van der Waals surface area (Å²) in [5, 5.41) is 42.6. The third kappa shape index (κ3) is 5.72. The topological polar surface area (TPSA) is 167 Å². The van der Waals surface area contributed by atoms with Gasteiger partial charge in [0, 0.05) is 0 Å². The predicted molar refractivity (Wildman–Crippen MR) is 67.8 cm³/mol. The van der Waals surface area contributed by atoms with Crippen LogP contribution in [0.5, 0.6) is 0 Å². The number of quaternary nitrogens is 1. The van der Waals surface area contributed by atoms with Crippen LogP contribution in [0.1, 0.15) is 6.42 Å². The van der Waals surface area contributed by atoms with Gasteiger partial charge in [-0.3, -0.25) is 9.59 Å². The lowest BCUT2D eigenvalue weighted by Crippen LogP contribution is -2.58. The molecule has 0 spiro atoms. The van der Waals surface area contributed by atoms with E-state index in [9.17, 15) is 30.0 Å². The fourth-order valence-electron chi connectivity index (χ4n) is 1.32. The van der Waals surface area contributed by atoms with E-state index in [1.165, 1.54) is 0 Å². The zero-order chi connectivity index (χ0) is 15.7. The predicted octanol–water partition coefficient (Wildman–Crippen LogP) is -4.87. The number of rotatable bonds is 9. The summed E-state index contributed by atoms with van der Waals surface area (Å²) < 4.78 is 0. The molecular weight excluding hydrogens is 270 g/mol. The molecule has 20 heavy (non-hydrogen) atoms. The molecule has 0 bridgehead atoms.